The molecule has 1 aromatic carbocycles. The van der Waals surface area contributed by atoms with Crippen molar-refractivity contribution < 1.29 is 4.79 Å². The molecule has 0 saturated carbocycles. The summed E-state index contributed by atoms with van der Waals surface area (Å²) in [7, 11) is 0. The SMILES string of the molecule is CCC1C(=O)NCCN1c1ncnc2ccc(N)cc12. The summed E-state index contributed by atoms with van der Waals surface area (Å²) in [6.07, 6.45) is 2.27. The van der Waals surface area contributed by atoms with Crippen LogP contribution in [0.3, 0.4) is 0 Å². The number of carbonyl (C=O) groups excluding carboxylic acids is 1. The number of fused-ring (bicyclic) bond motifs is 1. The van der Waals surface area contributed by atoms with Gasteiger partial charge < -0.3 is 16.0 Å². The first-order valence-electron chi connectivity index (χ1n) is 6.75. The lowest BCUT2D eigenvalue weighted by Crippen LogP contribution is -2.55. The lowest BCUT2D eigenvalue weighted by Gasteiger charge is -2.35. The number of hydrogen-bond acceptors (Lipinski definition) is 5. The molecule has 1 saturated heterocycles. The van der Waals surface area contributed by atoms with E-state index in [0.717, 1.165) is 29.7 Å². The highest BCUT2D eigenvalue weighted by molar-refractivity contribution is 5.94. The van der Waals surface area contributed by atoms with E-state index in [9.17, 15) is 4.79 Å². The van der Waals surface area contributed by atoms with Crippen LogP contribution in [0.5, 0.6) is 0 Å². The van der Waals surface area contributed by atoms with Crippen molar-refractivity contribution in [3.8, 4) is 0 Å². The number of nitrogen functional groups attached to an aromatic ring is 1. The number of aromatic nitrogens is 2. The number of anilines is 2. The third-order valence-corrected chi connectivity index (χ3v) is 3.63. The average Bonchev–Trinajstić information content (AvgIpc) is 2.46. The second-order valence-corrected chi connectivity index (χ2v) is 4.88. The fourth-order valence-corrected chi connectivity index (χ4v) is 2.66. The van der Waals surface area contributed by atoms with Gasteiger partial charge in [-0.2, -0.15) is 0 Å². The van der Waals surface area contributed by atoms with Crippen LogP contribution in [0.15, 0.2) is 24.5 Å². The zero-order valence-electron chi connectivity index (χ0n) is 11.3. The molecule has 0 radical (unpaired) electrons. The fraction of sp³-hybridized carbons (Fsp3) is 0.357. The number of amides is 1. The van der Waals surface area contributed by atoms with Gasteiger partial charge in [-0.05, 0) is 24.6 Å². The minimum absolute atomic E-state index is 0.0504. The first-order chi connectivity index (χ1) is 9.70. The van der Waals surface area contributed by atoms with E-state index in [-0.39, 0.29) is 11.9 Å². The number of nitrogens with zero attached hydrogens (tertiary/aromatic N) is 3. The molecule has 3 rings (SSSR count). The molecule has 6 nitrogen and oxygen atoms in total. The zero-order valence-corrected chi connectivity index (χ0v) is 11.3. The number of nitrogens with two attached hydrogens (primary N) is 1. The van der Waals surface area contributed by atoms with Crippen molar-refractivity contribution in [1.82, 2.24) is 15.3 Å². The highest BCUT2D eigenvalue weighted by atomic mass is 16.2. The summed E-state index contributed by atoms with van der Waals surface area (Å²) in [6, 6.07) is 5.37. The van der Waals surface area contributed by atoms with Crippen LogP contribution in [0, 0.1) is 0 Å². The van der Waals surface area contributed by atoms with Crippen molar-refractivity contribution in [3.63, 3.8) is 0 Å². The molecule has 0 bridgehead atoms. The largest absolute Gasteiger partial charge is 0.399 e. The van der Waals surface area contributed by atoms with Gasteiger partial charge in [-0.15, -0.1) is 0 Å². The van der Waals surface area contributed by atoms with E-state index in [2.05, 4.69) is 15.3 Å². The molecule has 20 heavy (non-hydrogen) atoms. The molecule has 1 aliphatic heterocycles. The van der Waals surface area contributed by atoms with E-state index < -0.39 is 0 Å². The Morgan fingerprint density at radius 2 is 2.30 bits per heavy atom. The van der Waals surface area contributed by atoms with E-state index in [1.165, 1.54) is 6.33 Å². The van der Waals surface area contributed by atoms with Crippen LogP contribution >= 0.6 is 0 Å². The summed E-state index contributed by atoms with van der Waals surface area (Å²) in [5.74, 6) is 0.832. The highest BCUT2D eigenvalue weighted by Crippen LogP contribution is 2.27. The van der Waals surface area contributed by atoms with Gasteiger partial charge in [-0.25, -0.2) is 9.97 Å². The van der Waals surface area contributed by atoms with Gasteiger partial charge in [0, 0.05) is 24.2 Å². The molecule has 1 aromatic heterocycles. The molecule has 104 valence electrons. The maximum atomic E-state index is 12.0. The van der Waals surface area contributed by atoms with E-state index in [0.29, 0.717) is 12.2 Å². The summed E-state index contributed by atoms with van der Waals surface area (Å²) in [6.45, 7) is 3.37. The number of piperazine rings is 1. The maximum Gasteiger partial charge on any atom is 0.242 e. The Labute approximate surface area is 117 Å². The third-order valence-electron chi connectivity index (χ3n) is 3.63. The molecule has 2 aromatic rings. The Hall–Kier alpha value is -2.37. The van der Waals surface area contributed by atoms with Crippen LogP contribution in [0.1, 0.15) is 13.3 Å². The lowest BCUT2D eigenvalue weighted by molar-refractivity contribution is -0.123. The number of benzene rings is 1. The standard InChI is InChI=1S/C14H17N5O/c1-2-12-14(20)16-5-6-19(12)13-10-7-9(15)3-4-11(10)17-8-18-13/h3-4,7-8,12H,2,5-6,15H2,1H3,(H,16,20). The molecule has 0 aliphatic carbocycles. The third kappa shape index (κ3) is 2.03. The molecule has 6 heteroatoms. The molecule has 1 amide bonds. The van der Waals surface area contributed by atoms with Crippen LogP contribution in [0.4, 0.5) is 11.5 Å². The Bertz CT molecular complexity index is 657. The normalized spacial score (nSPS) is 19.1. The van der Waals surface area contributed by atoms with Gasteiger partial charge in [-0.3, -0.25) is 4.79 Å². The maximum absolute atomic E-state index is 12.0. The van der Waals surface area contributed by atoms with Crippen LogP contribution < -0.4 is 16.0 Å². The molecule has 1 unspecified atom stereocenters. The van der Waals surface area contributed by atoms with Gasteiger partial charge >= 0.3 is 0 Å². The Morgan fingerprint density at radius 3 is 3.10 bits per heavy atom. The van der Waals surface area contributed by atoms with Gasteiger partial charge in [0.15, 0.2) is 0 Å². The smallest absolute Gasteiger partial charge is 0.242 e. The Balaban J connectivity index is 2.13. The predicted molar refractivity (Wildman–Crippen MR) is 78.4 cm³/mol. The molecule has 1 fully saturated rings. The molecule has 3 N–H and O–H groups in total. The number of carbonyl (C=O) groups is 1. The van der Waals surface area contributed by atoms with Gasteiger partial charge in [-0.1, -0.05) is 6.92 Å². The summed E-state index contributed by atoms with van der Waals surface area (Å²) in [5, 5.41) is 3.78. The summed E-state index contributed by atoms with van der Waals surface area (Å²) >= 11 is 0. The van der Waals surface area contributed by atoms with E-state index >= 15 is 0 Å². The second-order valence-electron chi connectivity index (χ2n) is 4.88. The Morgan fingerprint density at radius 1 is 1.45 bits per heavy atom. The first-order valence-corrected chi connectivity index (χ1v) is 6.75. The van der Waals surface area contributed by atoms with Crippen molar-refractivity contribution in [2.45, 2.75) is 19.4 Å². The minimum atomic E-state index is -0.191. The first kappa shape index (κ1) is 12.7. The molecular formula is C14H17N5O. The van der Waals surface area contributed by atoms with Gasteiger partial charge in [0.2, 0.25) is 5.91 Å². The summed E-state index contributed by atoms with van der Waals surface area (Å²) in [4.78, 5) is 22.7. The summed E-state index contributed by atoms with van der Waals surface area (Å²) < 4.78 is 0. The molecule has 0 spiro atoms. The number of rotatable bonds is 2. The van der Waals surface area contributed by atoms with Gasteiger partial charge in [0.05, 0.1) is 5.52 Å². The van der Waals surface area contributed by atoms with E-state index in [4.69, 9.17) is 5.73 Å². The van der Waals surface area contributed by atoms with Crippen molar-refractivity contribution in [3.05, 3.63) is 24.5 Å². The molecule has 1 aliphatic rings. The Kier molecular flexibility index (Phi) is 3.14. The molecular weight excluding hydrogens is 254 g/mol. The van der Waals surface area contributed by atoms with Crippen LogP contribution in [0.2, 0.25) is 0 Å². The second kappa shape index (κ2) is 4.96. The van der Waals surface area contributed by atoms with Crippen LogP contribution in [-0.4, -0.2) is 35.0 Å². The summed E-state index contributed by atoms with van der Waals surface area (Å²) in [5.41, 5.74) is 7.37. The van der Waals surface area contributed by atoms with E-state index in [1.54, 1.807) is 0 Å². The van der Waals surface area contributed by atoms with Gasteiger partial charge in [0.1, 0.15) is 18.2 Å². The van der Waals surface area contributed by atoms with Crippen LogP contribution in [-0.2, 0) is 4.79 Å². The van der Waals surface area contributed by atoms with Crippen molar-refractivity contribution in [2.24, 2.45) is 0 Å². The quantitative estimate of drug-likeness (QED) is 0.794. The van der Waals surface area contributed by atoms with E-state index in [1.807, 2.05) is 30.0 Å². The predicted octanol–water partition coefficient (Wildman–Crippen LogP) is 0.927. The zero-order chi connectivity index (χ0) is 14.1. The number of hydrogen-bond donors (Lipinski definition) is 2. The molecule has 2 heterocycles. The minimum Gasteiger partial charge on any atom is -0.399 e. The van der Waals surface area contributed by atoms with Crippen molar-refractivity contribution >= 4 is 28.3 Å². The van der Waals surface area contributed by atoms with Gasteiger partial charge in [0.25, 0.3) is 0 Å². The van der Waals surface area contributed by atoms with Crippen molar-refractivity contribution in [1.29, 1.82) is 0 Å². The van der Waals surface area contributed by atoms with Crippen molar-refractivity contribution in [2.75, 3.05) is 23.7 Å². The number of nitrogens with one attached hydrogen (secondary N) is 1. The topological polar surface area (TPSA) is 84.1 Å². The monoisotopic (exact) mass is 271 g/mol. The molecule has 1 atom stereocenters. The van der Waals surface area contributed by atoms with Crippen LogP contribution in [0.25, 0.3) is 10.9 Å². The lowest BCUT2D eigenvalue weighted by atomic mass is 10.1. The fourth-order valence-electron chi connectivity index (χ4n) is 2.66. The average molecular weight is 271 g/mol. The highest BCUT2D eigenvalue weighted by Gasteiger charge is 2.30.